The maximum Gasteiger partial charge on any atom is 0.0241 e. The largest absolute Gasteiger partial charge is 0.294 e. The van der Waals surface area contributed by atoms with E-state index in [1.807, 2.05) is 0 Å². The molecule has 12 aliphatic carbocycles. The minimum Gasteiger partial charge on any atom is -0.294 e. The fourth-order valence-corrected chi connectivity index (χ4v) is 26.6. The average Bonchev–Trinajstić information content (AvgIpc) is 4.19. The molecule has 0 aromatic heterocycles. The van der Waals surface area contributed by atoms with Crippen molar-refractivity contribution >= 4 is 0 Å². The van der Waals surface area contributed by atoms with Gasteiger partial charge in [0.1, 0.15) is 0 Å². The van der Waals surface area contributed by atoms with Crippen molar-refractivity contribution in [3.63, 3.8) is 0 Å². The molecule has 12 unspecified atom stereocenters. The van der Waals surface area contributed by atoms with Gasteiger partial charge in [0, 0.05) is 84.6 Å². The average molecular weight is 1130 g/mol. The molecule has 15 rings (SSSR count). The smallest absolute Gasteiger partial charge is 0.0241 e. The Morgan fingerprint density at radius 3 is 0.829 bits per heavy atom. The molecule has 15 fully saturated rings. The van der Waals surface area contributed by atoms with Crippen LogP contribution in [0.2, 0.25) is 0 Å². The summed E-state index contributed by atoms with van der Waals surface area (Å²) in [5.74, 6) is 10.1. The van der Waals surface area contributed by atoms with Crippen molar-refractivity contribution in [3.8, 4) is 0 Å². The fraction of sp³-hybridized carbons (Fsp3) is 1.00. The van der Waals surface area contributed by atoms with E-state index in [0.29, 0.717) is 12.1 Å². The number of hydrogen-bond donors (Lipinski definition) is 2. The Balaban J connectivity index is 0.504. The first-order valence-electron chi connectivity index (χ1n) is 39.3. The highest BCUT2D eigenvalue weighted by Crippen LogP contribution is 2.57. The van der Waals surface area contributed by atoms with Gasteiger partial charge in [-0.1, -0.05) is 103 Å². The molecule has 0 spiro atoms. The molecule has 464 valence electrons. The number of nitrogens with zero attached hydrogens (tertiary/aromatic N) is 4. The quantitative estimate of drug-likeness (QED) is 0.203. The minimum atomic E-state index is 0.706. The van der Waals surface area contributed by atoms with Gasteiger partial charge in [0.2, 0.25) is 0 Å². The Kier molecular flexibility index (Phi) is 19.2. The summed E-state index contributed by atoms with van der Waals surface area (Å²) in [6.45, 7) is 0. The normalized spacial score (nSPS) is 46.8. The molecule has 3 saturated heterocycles. The van der Waals surface area contributed by atoms with Crippen molar-refractivity contribution in [3.05, 3.63) is 0 Å². The Morgan fingerprint density at radius 1 is 0.207 bits per heavy atom. The summed E-state index contributed by atoms with van der Waals surface area (Å²) >= 11 is 0. The second-order valence-corrected chi connectivity index (χ2v) is 33.9. The van der Waals surface area contributed by atoms with E-state index in [1.54, 1.807) is 77.0 Å². The molecule has 3 heterocycles. The van der Waals surface area contributed by atoms with Gasteiger partial charge in [-0.05, 0) is 290 Å². The van der Waals surface area contributed by atoms with E-state index in [1.165, 1.54) is 257 Å². The number of likely N-dealkylation sites (tertiary alicyclic amines) is 2. The maximum atomic E-state index is 4.12. The molecule has 3 aliphatic heterocycles. The van der Waals surface area contributed by atoms with Gasteiger partial charge >= 0.3 is 0 Å². The third-order valence-corrected chi connectivity index (χ3v) is 30.4. The number of fused-ring (bicyclic) bond motifs is 6. The molecule has 0 aromatic rings. The molecule has 6 heteroatoms. The van der Waals surface area contributed by atoms with Crippen LogP contribution in [-0.2, 0) is 0 Å². The van der Waals surface area contributed by atoms with Crippen LogP contribution >= 0.6 is 0 Å². The molecule has 0 amide bonds. The number of hydrogen-bond acceptors (Lipinski definition) is 6. The van der Waals surface area contributed by atoms with E-state index in [0.717, 1.165) is 132 Å². The number of nitrogens with one attached hydrogen (secondary N) is 2. The van der Waals surface area contributed by atoms with Crippen LogP contribution in [0.15, 0.2) is 0 Å². The van der Waals surface area contributed by atoms with Crippen LogP contribution in [0.25, 0.3) is 0 Å². The van der Waals surface area contributed by atoms with Crippen molar-refractivity contribution in [1.29, 1.82) is 0 Å². The zero-order chi connectivity index (χ0) is 54.3. The topological polar surface area (TPSA) is 37.0 Å². The van der Waals surface area contributed by atoms with Crippen LogP contribution in [0.1, 0.15) is 334 Å². The molecule has 82 heavy (non-hydrogen) atoms. The van der Waals surface area contributed by atoms with Gasteiger partial charge < -0.3 is 0 Å². The van der Waals surface area contributed by atoms with Crippen LogP contribution < -0.4 is 10.9 Å². The summed E-state index contributed by atoms with van der Waals surface area (Å²) in [7, 11) is 0. The second-order valence-electron chi connectivity index (χ2n) is 33.9. The fourth-order valence-electron chi connectivity index (χ4n) is 26.6. The first-order valence-corrected chi connectivity index (χ1v) is 39.3. The van der Waals surface area contributed by atoms with E-state index in [9.17, 15) is 0 Å². The summed E-state index contributed by atoms with van der Waals surface area (Å²) in [6.07, 6.45) is 79.1. The van der Waals surface area contributed by atoms with Gasteiger partial charge in [-0.2, -0.15) is 0 Å². The third kappa shape index (κ3) is 12.2. The molecule has 12 atom stereocenters. The summed E-state index contributed by atoms with van der Waals surface area (Å²) < 4.78 is 0. The Bertz CT molecular complexity index is 1750. The van der Waals surface area contributed by atoms with Crippen molar-refractivity contribution in [1.82, 2.24) is 30.5 Å². The number of hydrazine groups is 1. The molecule has 0 bridgehead atoms. The molecule has 15 aliphatic rings. The van der Waals surface area contributed by atoms with Crippen molar-refractivity contribution in [2.24, 2.45) is 59.2 Å². The van der Waals surface area contributed by atoms with Gasteiger partial charge in [0.15, 0.2) is 0 Å². The first kappa shape index (κ1) is 58.2. The van der Waals surface area contributed by atoms with E-state index in [4.69, 9.17) is 0 Å². The predicted molar refractivity (Wildman–Crippen MR) is 342 cm³/mol. The van der Waals surface area contributed by atoms with Gasteiger partial charge in [-0.15, -0.1) is 0 Å². The van der Waals surface area contributed by atoms with Crippen LogP contribution in [0.3, 0.4) is 0 Å². The highest BCUT2D eigenvalue weighted by atomic mass is 15.4. The molecule has 0 aromatic carbocycles. The summed E-state index contributed by atoms with van der Waals surface area (Å²) in [6, 6.07) is 12.5. The highest BCUT2D eigenvalue weighted by Gasteiger charge is 2.56. The van der Waals surface area contributed by atoms with Crippen molar-refractivity contribution in [2.45, 2.75) is 418 Å². The van der Waals surface area contributed by atoms with E-state index >= 15 is 0 Å². The summed E-state index contributed by atoms with van der Waals surface area (Å²) in [5, 5.41) is 0. The van der Waals surface area contributed by atoms with Crippen LogP contribution in [0.4, 0.5) is 0 Å². The van der Waals surface area contributed by atoms with E-state index in [-0.39, 0.29) is 0 Å². The molecule has 6 nitrogen and oxygen atoms in total. The zero-order valence-electron chi connectivity index (χ0n) is 53.4. The van der Waals surface area contributed by atoms with Crippen LogP contribution in [0.5, 0.6) is 0 Å². The molecule has 12 saturated carbocycles. The van der Waals surface area contributed by atoms with Crippen LogP contribution in [0, 0.1) is 59.2 Å². The predicted octanol–water partition coefficient (Wildman–Crippen LogP) is 18.1. The highest BCUT2D eigenvalue weighted by molar-refractivity contribution is 5.10. The monoisotopic (exact) mass is 1130 g/mol. The second kappa shape index (κ2) is 27.1. The van der Waals surface area contributed by atoms with Crippen LogP contribution in [-0.4, -0.2) is 104 Å². The van der Waals surface area contributed by atoms with Gasteiger partial charge in [-0.3, -0.25) is 30.5 Å². The molecular weight excluding hydrogens is 997 g/mol. The Hall–Kier alpha value is -0.240. The Morgan fingerprint density at radius 2 is 0.488 bits per heavy atom. The van der Waals surface area contributed by atoms with Crippen molar-refractivity contribution < 1.29 is 0 Å². The summed E-state index contributed by atoms with van der Waals surface area (Å²) in [5.41, 5.74) is 8.24. The summed E-state index contributed by atoms with van der Waals surface area (Å²) in [4.78, 5) is 13.1. The SMILES string of the molecule is C1CCC(N(C2CCCCC2)C2CCC(C3CCC4C(C3)C3CCCCC3N4C3CCC(C4CCC(C5CCC(N6C7CCCCC7C7CC(C8CCC(N(C9CCCCC9)C9CCCCC9)CC8)CCC76)CC5)NN4)CC3)CC2)CC1. The van der Waals surface area contributed by atoms with E-state index in [2.05, 4.69) is 30.5 Å². The van der Waals surface area contributed by atoms with Gasteiger partial charge in [0.05, 0.1) is 0 Å². The molecular formula is C76H130N6. The standard InChI is InChI=1S/C76H130N6/c1-5-17-59(18-6-1)79(60-19-7-2-8-20-60)63-39-29-53(30-40-63)57-37-49-75-69(51-57)67-25-13-15-27-73(67)81(75)65-43-33-55(34-44-65)71-47-48-72(78-77-71)56-35-45-66(46-36-56)82-74-28-16-14-26-68(74)70-52-58(38-50-76(70)82)54-31-41-64(42-32-54)80(61-21-9-3-10-22-61)62-23-11-4-12-24-62/h53-78H,1-52H2. The lowest BCUT2D eigenvalue weighted by atomic mass is 9.65. The zero-order valence-corrected chi connectivity index (χ0v) is 53.4. The lowest BCUT2D eigenvalue weighted by Crippen LogP contribution is -2.58. The first-order chi connectivity index (χ1) is 40.7. The van der Waals surface area contributed by atoms with Gasteiger partial charge in [0.25, 0.3) is 0 Å². The third-order valence-electron chi connectivity index (χ3n) is 30.4. The molecule has 2 N–H and O–H groups in total. The maximum absolute atomic E-state index is 4.12. The lowest BCUT2D eigenvalue weighted by Gasteiger charge is -2.50. The minimum absolute atomic E-state index is 0.706. The number of rotatable bonds is 12. The Labute approximate surface area is 505 Å². The van der Waals surface area contributed by atoms with Gasteiger partial charge in [-0.25, -0.2) is 0 Å². The molecule has 0 radical (unpaired) electrons. The van der Waals surface area contributed by atoms with E-state index < -0.39 is 0 Å². The van der Waals surface area contributed by atoms with Crippen molar-refractivity contribution in [2.75, 3.05) is 0 Å². The lowest BCUT2D eigenvalue weighted by molar-refractivity contribution is 0.00205.